The molecule has 1 aliphatic rings. The molecule has 5 rings (SSSR count). The van der Waals surface area contributed by atoms with Crippen molar-refractivity contribution in [1.29, 1.82) is 0 Å². The number of aryl methyl sites for hydroxylation is 1. The Hall–Kier alpha value is -3.81. The van der Waals surface area contributed by atoms with Gasteiger partial charge in [0.05, 0.1) is 24.0 Å². The first-order valence-electron chi connectivity index (χ1n) is 8.94. The van der Waals surface area contributed by atoms with Gasteiger partial charge in [0, 0.05) is 30.7 Å². The van der Waals surface area contributed by atoms with Crippen molar-refractivity contribution in [3.63, 3.8) is 0 Å². The Balaban J connectivity index is 1.62. The number of anilines is 2. The van der Waals surface area contributed by atoms with E-state index in [1.165, 1.54) is 0 Å². The van der Waals surface area contributed by atoms with E-state index in [4.69, 9.17) is 4.98 Å². The first-order valence-corrected chi connectivity index (χ1v) is 8.94. The number of rotatable bonds is 3. The van der Waals surface area contributed by atoms with Gasteiger partial charge in [0.15, 0.2) is 11.5 Å². The number of carbonyl (C=O) groups is 1. The van der Waals surface area contributed by atoms with E-state index in [9.17, 15) is 4.79 Å². The summed E-state index contributed by atoms with van der Waals surface area (Å²) in [5.41, 5.74) is 3.44. The summed E-state index contributed by atoms with van der Waals surface area (Å²) in [4.78, 5) is 25.6. The number of para-hydroxylation sites is 1. The van der Waals surface area contributed by atoms with E-state index in [1.54, 1.807) is 23.3 Å². The van der Waals surface area contributed by atoms with E-state index < -0.39 is 0 Å². The predicted molar refractivity (Wildman–Crippen MR) is 106 cm³/mol. The Morgan fingerprint density at radius 2 is 1.96 bits per heavy atom. The molecule has 0 aliphatic carbocycles. The fourth-order valence-electron chi connectivity index (χ4n) is 3.47. The van der Waals surface area contributed by atoms with Crippen molar-refractivity contribution in [2.45, 2.75) is 12.5 Å². The van der Waals surface area contributed by atoms with Crippen LogP contribution in [-0.2, 0) is 11.8 Å². The normalized spacial score (nSPS) is 15.9. The van der Waals surface area contributed by atoms with Crippen LogP contribution in [0.1, 0.15) is 18.0 Å². The maximum Gasteiger partial charge on any atom is 0.226 e. The largest absolute Gasteiger partial charge is 0.362 e. The van der Waals surface area contributed by atoms with Crippen LogP contribution in [0.15, 0.2) is 55.0 Å². The molecule has 0 bridgehead atoms. The minimum Gasteiger partial charge on any atom is -0.362 e. The molecule has 1 atom stereocenters. The molecule has 0 radical (unpaired) electrons. The third-order valence-electron chi connectivity index (χ3n) is 4.84. The molecule has 0 spiro atoms. The number of nitrogens with one attached hydrogen (secondary N) is 2. The van der Waals surface area contributed by atoms with E-state index >= 15 is 0 Å². The number of amides is 1. The number of benzene rings is 1. The zero-order valence-corrected chi connectivity index (χ0v) is 15.1. The molecule has 0 saturated carbocycles. The second-order valence-electron chi connectivity index (χ2n) is 6.67. The maximum atomic E-state index is 12.2. The lowest BCUT2D eigenvalue weighted by molar-refractivity contribution is -0.116. The molecule has 0 unspecified atom stereocenters. The first kappa shape index (κ1) is 16.4. The average Bonchev–Trinajstić information content (AvgIpc) is 3.10. The molecule has 1 aromatic carbocycles. The van der Waals surface area contributed by atoms with Crippen LogP contribution in [-0.4, -0.2) is 30.6 Å². The molecule has 4 heterocycles. The van der Waals surface area contributed by atoms with Crippen molar-refractivity contribution in [3.8, 4) is 11.4 Å². The molecule has 1 amide bonds. The van der Waals surface area contributed by atoms with Gasteiger partial charge in [-0.1, -0.05) is 18.2 Å². The van der Waals surface area contributed by atoms with E-state index in [0.717, 1.165) is 27.8 Å². The van der Waals surface area contributed by atoms with Crippen LogP contribution in [0.2, 0.25) is 0 Å². The average molecular weight is 371 g/mol. The van der Waals surface area contributed by atoms with Crippen molar-refractivity contribution in [3.05, 3.63) is 60.6 Å². The molecular weight excluding hydrogens is 354 g/mol. The third-order valence-corrected chi connectivity index (χ3v) is 4.84. The van der Waals surface area contributed by atoms with Crippen molar-refractivity contribution in [1.82, 2.24) is 24.7 Å². The van der Waals surface area contributed by atoms with Crippen LogP contribution in [0.5, 0.6) is 0 Å². The third kappa shape index (κ3) is 2.75. The van der Waals surface area contributed by atoms with Gasteiger partial charge in [-0.05, 0) is 23.8 Å². The smallest absolute Gasteiger partial charge is 0.226 e. The van der Waals surface area contributed by atoms with Crippen molar-refractivity contribution in [2.75, 3.05) is 10.6 Å². The summed E-state index contributed by atoms with van der Waals surface area (Å²) in [6.45, 7) is 0. The topological polar surface area (TPSA) is 97.6 Å². The Labute approximate surface area is 160 Å². The molecule has 28 heavy (non-hydrogen) atoms. The Morgan fingerprint density at radius 3 is 2.82 bits per heavy atom. The minimum atomic E-state index is -0.187. The number of aromatic nitrogens is 5. The molecule has 138 valence electrons. The molecule has 4 aromatic rings. The first-order chi connectivity index (χ1) is 13.7. The molecule has 2 N–H and O–H groups in total. The lowest BCUT2D eigenvalue weighted by atomic mass is 9.97. The lowest BCUT2D eigenvalue weighted by Gasteiger charge is -2.27. The van der Waals surface area contributed by atoms with Gasteiger partial charge in [-0.2, -0.15) is 5.10 Å². The van der Waals surface area contributed by atoms with Crippen LogP contribution in [0.4, 0.5) is 11.5 Å². The highest BCUT2D eigenvalue weighted by molar-refractivity contribution is 5.96. The molecule has 8 nitrogen and oxygen atoms in total. The second kappa shape index (κ2) is 6.41. The highest BCUT2D eigenvalue weighted by Crippen LogP contribution is 2.34. The lowest BCUT2D eigenvalue weighted by Crippen LogP contribution is -2.27. The number of carbonyl (C=O) groups excluding carboxylic acids is 1. The van der Waals surface area contributed by atoms with Crippen LogP contribution in [0, 0.1) is 0 Å². The van der Waals surface area contributed by atoms with Crippen LogP contribution in [0.25, 0.3) is 22.4 Å². The number of fused-ring (bicyclic) bond motifs is 2. The van der Waals surface area contributed by atoms with Gasteiger partial charge in [0.25, 0.3) is 0 Å². The summed E-state index contributed by atoms with van der Waals surface area (Å²) in [6.07, 6.45) is 5.48. The Bertz CT molecular complexity index is 1190. The molecule has 1 aliphatic heterocycles. The highest BCUT2D eigenvalue weighted by atomic mass is 16.1. The number of hydrogen-bond donors (Lipinski definition) is 2. The fraction of sp³-hybridized carbons (Fsp3) is 0.150. The van der Waals surface area contributed by atoms with Gasteiger partial charge < -0.3 is 10.6 Å². The summed E-state index contributed by atoms with van der Waals surface area (Å²) in [7, 11) is 1.85. The zero-order valence-electron chi connectivity index (χ0n) is 15.1. The fourth-order valence-corrected chi connectivity index (χ4v) is 3.47. The quantitative estimate of drug-likeness (QED) is 0.575. The van der Waals surface area contributed by atoms with Gasteiger partial charge in [-0.15, -0.1) is 0 Å². The van der Waals surface area contributed by atoms with Crippen molar-refractivity contribution in [2.24, 2.45) is 7.05 Å². The summed E-state index contributed by atoms with van der Waals surface area (Å²) in [5, 5.41) is 11.5. The number of nitrogens with zero attached hydrogens (tertiary/aromatic N) is 5. The van der Waals surface area contributed by atoms with Gasteiger partial charge in [-0.3, -0.25) is 14.5 Å². The number of hydrogen-bond acceptors (Lipinski definition) is 6. The standard InChI is InChI=1S/C20H17N7O/c1-27-20-14(11-22-27)19(25-18(26-20)12-6-8-21-9-7-12)24-16-10-17(28)23-15-5-3-2-4-13(15)16/h2-9,11,16H,10H2,1H3,(H,23,28)(H,24,25,26)/t16-/m0/s1. The van der Waals surface area contributed by atoms with Gasteiger partial charge in [0.2, 0.25) is 5.91 Å². The summed E-state index contributed by atoms with van der Waals surface area (Å²) < 4.78 is 1.72. The molecule has 8 heteroatoms. The second-order valence-corrected chi connectivity index (χ2v) is 6.67. The van der Waals surface area contributed by atoms with E-state index in [1.807, 2.05) is 43.4 Å². The molecule has 3 aromatic heterocycles. The monoisotopic (exact) mass is 371 g/mol. The highest BCUT2D eigenvalue weighted by Gasteiger charge is 2.26. The van der Waals surface area contributed by atoms with Crippen molar-refractivity contribution < 1.29 is 4.79 Å². The van der Waals surface area contributed by atoms with Crippen LogP contribution in [0.3, 0.4) is 0 Å². The summed E-state index contributed by atoms with van der Waals surface area (Å²) in [5.74, 6) is 1.20. The van der Waals surface area contributed by atoms with E-state index in [0.29, 0.717) is 18.1 Å². The van der Waals surface area contributed by atoms with Crippen LogP contribution < -0.4 is 10.6 Å². The Kier molecular flexibility index (Phi) is 3.75. The van der Waals surface area contributed by atoms with Crippen molar-refractivity contribution >= 4 is 28.4 Å². The zero-order chi connectivity index (χ0) is 19.1. The van der Waals surface area contributed by atoms with Gasteiger partial charge in [-0.25, -0.2) is 9.97 Å². The molecule has 0 saturated heterocycles. The number of pyridine rings is 1. The maximum absolute atomic E-state index is 12.2. The molecule has 0 fully saturated rings. The van der Waals surface area contributed by atoms with Gasteiger partial charge >= 0.3 is 0 Å². The van der Waals surface area contributed by atoms with E-state index in [2.05, 4.69) is 25.7 Å². The summed E-state index contributed by atoms with van der Waals surface area (Å²) in [6, 6.07) is 11.3. The SMILES string of the molecule is Cn1ncc2c(N[C@H]3CC(=O)Nc4ccccc43)nc(-c3ccncc3)nc21. The van der Waals surface area contributed by atoms with Gasteiger partial charge in [0.1, 0.15) is 5.82 Å². The molecular formula is C20H17N7O. The summed E-state index contributed by atoms with van der Waals surface area (Å²) >= 11 is 0. The Morgan fingerprint density at radius 1 is 1.14 bits per heavy atom. The van der Waals surface area contributed by atoms with E-state index in [-0.39, 0.29) is 11.9 Å². The predicted octanol–water partition coefficient (Wildman–Crippen LogP) is 2.92. The van der Waals surface area contributed by atoms with Crippen LogP contribution >= 0.6 is 0 Å². The minimum absolute atomic E-state index is 0.0259.